The minimum atomic E-state index is 0.763. The zero-order valence-electron chi connectivity index (χ0n) is 10.4. The van der Waals surface area contributed by atoms with E-state index in [0.717, 1.165) is 37.6 Å². The van der Waals surface area contributed by atoms with Crippen LogP contribution in [0.2, 0.25) is 0 Å². The number of ether oxygens (including phenoxy) is 2. The molecule has 2 heteroatoms. The van der Waals surface area contributed by atoms with Crippen LogP contribution in [-0.4, -0.2) is 13.2 Å². The van der Waals surface area contributed by atoms with Crippen molar-refractivity contribution in [3.63, 3.8) is 0 Å². The van der Waals surface area contributed by atoms with Crippen molar-refractivity contribution in [2.75, 3.05) is 13.2 Å². The Morgan fingerprint density at radius 1 is 0.875 bits per heavy atom. The molecular weight excluding hydrogens is 200 g/mol. The lowest BCUT2D eigenvalue weighted by molar-refractivity contribution is 0.295. The topological polar surface area (TPSA) is 18.5 Å². The van der Waals surface area contributed by atoms with E-state index in [2.05, 4.69) is 13.8 Å². The number of hydrogen-bond acceptors (Lipinski definition) is 2. The Bertz CT molecular complexity index is 284. The van der Waals surface area contributed by atoms with Gasteiger partial charge < -0.3 is 9.47 Å². The lowest BCUT2D eigenvalue weighted by Crippen LogP contribution is -1.98. The van der Waals surface area contributed by atoms with Gasteiger partial charge in [0.15, 0.2) is 0 Å². The summed E-state index contributed by atoms with van der Waals surface area (Å²) in [5, 5.41) is 0. The van der Waals surface area contributed by atoms with E-state index in [4.69, 9.17) is 9.47 Å². The quantitative estimate of drug-likeness (QED) is 0.618. The van der Waals surface area contributed by atoms with Gasteiger partial charge in [-0.25, -0.2) is 0 Å². The molecule has 16 heavy (non-hydrogen) atoms. The highest BCUT2D eigenvalue weighted by atomic mass is 16.5. The van der Waals surface area contributed by atoms with Gasteiger partial charge in [-0.3, -0.25) is 0 Å². The van der Waals surface area contributed by atoms with Gasteiger partial charge in [0.1, 0.15) is 11.5 Å². The van der Waals surface area contributed by atoms with E-state index in [0.29, 0.717) is 0 Å². The molecule has 0 heterocycles. The fraction of sp³-hybridized carbons (Fsp3) is 0.571. The average molecular weight is 222 g/mol. The van der Waals surface area contributed by atoms with Crippen LogP contribution in [0.3, 0.4) is 0 Å². The van der Waals surface area contributed by atoms with E-state index in [9.17, 15) is 0 Å². The first-order chi connectivity index (χ1) is 7.86. The second kappa shape index (κ2) is 8.03. The highest BCUT2D eigenvalue weighted by Crippen LogP contribution is 2.19. The van der Waals surface area contributed by atoms with Gasteiger partial charge in [0.05, 0.1) is 13.2 Å². The Kier molecular flexibility index (Phi) is 6.47. The van der Waals surface area contributed by atoms with Gasteiger partial charge >= 0.3 is 0 Å². The van der Waals surface area contributed by atoms with Gasteiger partial charge in [-0.1, -0.05) is 32.8 Å². The molecule has 2 nitrogen and oxygen atoms in total. The normalized spacial score (nSPS) is 10.1. The summed E-state index contributed by atoms with van der Waals surface area (Å²) in [5.41, 5.74) is 0. The molecule has 0 atom stereocenters. The molecule has 0 N–H and O–H groups in total. The van der Waals surface area contributed by atoms with E-state index in [-0.39, 0.29) is 0 Å². The summed E-state index contributed by atoms with van der Waals surface area (Å²) in [6.07, 6.45) is 4.60. The molecule has 0 radical (unpaired) electrons. The monoisotopic (exact) mass is 222 g/mol. The Balaban J connectivity index is 2.35. The molecule has 0 aliphatic heterocycles. The molecule has 1 aromatic rings. The van der Waals surface area contributed by atoms with Crippen molar-refractivity contribution in [2.45, 2.75) is 39.5 Å². The van der Waals surface area contributed by atoms with Crippen molar-refractivity contribution < 1.29 is 9.47 Å². The molecule has 0 saturated carbocycles. The van der Waals surface area contributed by atoms with E-state index >= 15 is 0 Å². The van der Waals surface area contributed by atoms with Crippen LogP contribution in [0.15, 0.2) is 24.3 Å². The Morgan fingerprint density at radius 3 is 2.19 bits per heavy atom. The van der Waals surface area contributed by atoms with Crippen LogP contribution in [0.5, 0.6) is 11.5 Å². The largest absolute Gasteiger partial charge is 0.493 e. The molecule has 0 bridgehead atoms. The van der Waals surface area contributed by atoms with Crippen LogP contribution in [0.25, 0.3) is 0 Å². The molecule has 1 rings (SSSR count). The summed E-state index contributed by atoms with van der Waals surface area (Å²) in [6.45, 7) is 5.86. The predicted octanol–water partition coefficient (Wildman–Crippen LogP) is 4.04. The second-order valence-corrected chi connectivity index (χ2v) is 3.88. The standard InChI is InChI=1S/C14H22O2/c1-3-5-6-11-16-14-9-7-8-13(12-14)15-10-4-2/h7-9,12H,3-6,10-11H2,1-2H3. The molecule has 0 spiro atoms. The minimum Gasteiger partial charge on any atom is -0.493 e. The van der Waals surface area contributed by atoms with Gasteiger partial charge in [0, 0.05) is 6.07 Å². The Morgan fingerprint density at radius 2 is 1.56 bits per heavy atom. The molecule has 0 fully saturated rings. The van der Waals surface area contributed by atoms with Crippen LogP contribution in [0.4, 0.5) is 0 Å². The first-order valence-corrected chi connectivity index (χ1v) is 6.22. The van der Waals surface area contributed by atoms with Gasteiger partial charge in [0.25, 0.3) is 0 Å². The average Bonchev–Trinajstić information content (AvgIpc) is 2.33. The highest BCUT2D eigenvalue weighted by Gasteiger charge is 1.97. The third-order valence-corrected chi connectivity index (χ3v) is 2.29. The number of unbranched alkanes of at least 4 members (excludes halogenated alkanes) is 2. The predicted molar refractivity (Wildman–Crippen MR) is 67.2 cm³/mol. The van der Waals surface area contributed by atoms with Crippen LogP contribution in [-0.2, 0) is 0 Å². The molecule has 0 aliphatic carbocycles. The highest BCUT2D eigenvalue weighted by molar-refractivity contribution is 5.32. The third-order valence-electron chi connectivity index (χ3n) is 2.29. The van der Waals surface area contributed by atoms with Crippen LogP contribution < -0.4 is 9.47 Å². The van der Waals surface area contributed by atoms with Crippen molar-refractivity contribution in [1.29, 1.82) is 0 Å². The van der Waals surface area contributed by atoms with Gasteiger partial charge in [0.2, 0.25) is 0 Å². The smallest absolute Gasteiger partial charge is 0.122 e. The maximum absolute atomic E-state index is 5.65. The maximum Gasteiger partial charge on any atom is 0.122 e. The van der Waals surface area contributed by atoms with E-state index < -0.39 is 0 Å². The maximum atomic E-state index is 5.65. The van der Waals surface area contributed by atoms with Crippen LogP contribution in [0, 0.1) is 0 Å². The lowest BCUT2D eigenvalue weighted by Gasteiger charge is -2.08. The van der Waals surface area contributed by atoms with Crippen molar-refractivity contribution in [1.82, 2.24) is 0 Å². The third kappa shape index (κ3) is 5.06. The minimum absolute atomic E-state index is 0.763. The van der Waals surface area contributed by atoms with E-state index in [1.807, 2.05) is 24.3 Å². The van der Waals surface area contributed by atoms with E-state index in [1.165, 1.54) is 12.8 Å². The lowest BCUT2D eigenvalue weighted by atomic mass is 10.3. The molecule has 0 amide bonds. The molecule has 90 valence electrons. The van der Waals surface area contributed by atoms with Crippen molar-refractivity contribution in [3.8, 4) is 11.5 Å². The summed E-state index contributed by atoms with van der Waals surface area (Å²) < 4.78 is 11.2. The Hall–Kier alpha value is -1.18. The van der Waals surface area contributed by atoms with Crippen molar-refractivity contribution in [3.05, 3.63) is 24.3 Å². The zero-order valence-corrected chi connectivity index (χ0v) is 10.4. The SMILES string of the molecule is CCCCCOc1cccc(OCCC)c1. The van der Waals surface area contributed by atoms with Crippen LogP contribution >= 0.6 is 0 Å². The first-order valence-electron chi connectivity index (χ1n) is 6.22. The molecule has 0 saturated heterocycles. The number of rotatable bonds is 8. The van der Waals surface area contributed by atoms with Crippen molar-refractivity contribution >= 4 is 0 Å². The van der Waals surface area contributed by atoms with Gasteiger partial charge in [-0.15, -0.1) is 0 Å². The summed E-state index contributed by atoms with van der Waals surface area (Å²) in [5.74, 6) is 1.81. The van der Waals surface area contributed by atoms with Crippen LogP contribution in [0.1, 0.15) is 39.5 Å². The summed E-state index contributed by atoms with van der Waals surface area (Å²) in [6, 6.07) is 7.88. The number of benzene rings is 1. The van der Waals surface area contributed by atoms with E-state index in [1.54, 1.807) is 0 Å². The molecule has 1 aromatic carbocycles. The zero-order chi connectivity index (χ0) is 11.6. The summed E-state index contributed by atoms with van der Waals surface area (Å²) in [7, 11) is 0. The molecule has 0 unspecified atom stereocenters. The second-order valence-electron chi connectivity index (χ2n) is 3.88. The number of hydrogen-bond donors (Lipinski definition) is 0. The molecule has 0 aliphatic rings. The fourth-order valence-corrected chi connectivity index (χ4v) is 1.42. The van der Waals surface area contributed by atoms with Crippen molar-refractivity contribution in [2.24, 2.45) is 0 Å². The summed E-state index contributed by atoms with van der Waals surface area (Å²) in [4.78, 5) is 0. The molecule has 0 aromatic heterocycles. The molecular formula is C14H22O2. The van der Waals surface area contributed by atoms with Gasteiger partial charge in [-0.2, -0.15) is 0 Å². The summed E-state index contributed by atoms with van der Waals surface area (Å²) >= 11 is 0. The fourth-order valence-electron chi connectivity index (χ4n) is 1.42. The Labute approximate surface area is 98.6 Å². The van der Waals surface area contributed by atoms with Gasteiger partial charge in [-0.05, 0) is 25.0 Å². The first kappa shape index (κ1) is 12.9.